The average Bonchev–Trinajstić information content (AvgIpc) is 3.82. The van der Waals surface area contributed by atoms with Crippen molar-refractivity contribution < 1.29 is 42.1 Å². The van der Waals surface area contributed by atoms with E-state index in [0.29, 0.717) is 55.9 Å². The lowest BCUT2D eigenvalue weighted by Crippen LogP contribution is -2.61. The number of hydrogen-bond acceptors (Lipinski definition) is 6. The SMILES string of the molecule is C[C@H]1CN([C@@H]2CC[C@@](C(=O)N3Cc4cc(C(F)(F)F)ccc4C(O)C3)(C3CC3)OC2)CCN1c1ccc(F)c(C(=O)O)c1. The molecule has 4 aliphatic rings. The molecular formula is C31H35F4N3O5. The van der Waals surface area contributed by atoms with Crippen LogP contribution in [0.5, 0.6) is 0 Å². The van der Waals surface area contributed by atoms with Crippen LogP contribution in [0.4, 0.5) is 23.2 Å². The highest BCUT2D eigenvalue weighted by atomic mass is 19.4. The summed E-state index contributed by atoms with van der Waals surface area (Å²) in [6.45, 7) is 4.32. The zero-order valence-corrected chi connectivity index (χ0v) is 23.8. The van der Waals surface area contributed by atoms with Crippen molar-refractivity contribution in [2.24, 2.45) is 5.92 Å². The Morgan fingerprint density at radius 2 is 1.81 bits per heavy atom. The first-order chi connectivity index (χ1) is 20.4. The van der Waals surface area contributed by atoms with Crippen molar-refractivity contribution in [3.8, 4) is 0 Å². The van der Waals surface area contributed by atoms with E-state index in [-0.39, 0.29) is 42.6 Å². The normalized spacial score (nSPS) is 28.5. The summed E-state index contributed by atoms with van der Waals surface area (Å²) in [5.74, 6) is -2.31. The molecule has 0 radical (unpaired) electrons. The smallest absolute Gasteiger partial charge is 0.416 e. The number of carbonyl (C=O) groups excluding carboxylic acids is 1. The largest absolute Gasteiger partial charge is 0.478 e. The van der Waals surface area contributed by atoms with Crippen LogP contribution < -0.4 is 4.90 Å². The predicted molar refractivity (Wildman–Crippen MR) is 148 cm³/mol. The van der Waals surface area contributed by atoms with Crippen LogP contribution in [0.3, 0.4) is 0 Å². The van der Waals surface area contributed by atoms with E-state index in [1.165, 1.54) is 23.1 Å². The Hall–Kier alpha value is -3.22. The van der Waals surface area contributed by atoms with Crippen LogP contribution in [0.1, 0.15) is 65.8 Å². The van der Waals surface area contributed by atoms with Gasteiger partial charge in [-0.3, -0.25) is 9.69 Å². The Bertz CT molecular complexity index is 1410. The van der Waals surface area contributed by atoms with E-state index < -0.39 is 35.2 Å². The van der Waals surface area contributed by atoms with Crippen molar-refractivity contribution in [1.29, 1.82) is 0 Å². The molecule has 1 unspecified atom stereocenters. The molecule has 3 fully saturated rings. The number of carbonyl (C=O) groups is 2. The number of ether oxygens (including phenoxy) is 1. The number of β-amino-alcohol motifs (C(OH)–C–C–N with tert-alkyl or cyclic N) is 1. The molecule has 2 aromatic carbocycles. The molecule has 1 saturated carbocycles. The van der Waals surface area contributed by atoms with Gasteiger partial charge in [0.05, 0.1) is 30.4 Å². The number of fused-ring (bicyclic) bond motifs is 1. The maximum Gasteiger partial charge on any atom is 0.416 e. The molecule has 8 nitrogen and oxygen atoms in total. The number of benzene rings is 2. The molecule has 2 N–H and O–H groups in total. The number of carboxylic acids is 1. The number of anilines is 1. The monoisotopic (exact) mass is 605 g/mol. The minimum atomic E-state index is -4.52. The summed E-state index contributed by atoms with van der Waals surface area (Å²) in [5.41, 5.74) is -0.863. The van der Waals surface area contributed by atoms with Gasteiger partial charge in [-0.2, -0.15) is 13.2 Å². The standard InChI is InChI=1S/C31H35F4N3O5/c1-18-14-36(10-11-38(18)22-5-7-26(32)25(13-22)28(40)41)23-8-9-30(43-17-23,20-2-3-20)29(42)37-15-19-12-21(31(33,34)35)4-6-24(19)27(39)16-37/h4-7,12-13,18,20,23,27,39H,2-3,8-11,14-17H2,1H3,(H,40,41)/t18-,23+,27?,30-/m0/s1. The first-order valence-corrected chi connectivity index (χ1v) is 14.7. The van der Waals surface area contributed by atoms with Gasteiger partial charge in [0.15, 0.2) is 0 Å². The number of nitrogens with zero attached hydrogens (tertiary/aromatic N) is 3. The topological polar surface area (TPSA) is 93.6 Å². The van der Waals surface area contributed by atoms with Gasteiger partial charge in [-0.15, -0.1) is 0 Å². The van der Waals surface area contributed by atoms with E-state index in [4.69, 9.17) is 4.74 Å². The van der Waals surface area contributed by atoms with Crippen LogP contribution in [-0.2, 0) is 22.3 Å². The molecule has 6 rings (SSSR count). The molecule has 0 aromatic heterocycles. The zero-order valence-electron chi connectivity index (χ0n) is 23.8. The Morgan fingerprint density at radius 1 is 1.05 bits per heavy atom. The second-order valence-corrected chi connectivity index (χ2v) is 12.3. The van der Waals surface area contributed by atoms with Gasteiger partial charge in [-0.05, 0) is 80.0 Å². The maximum atomic E-state index is 14.0. The second-order valence-electron chi connectivity index (χ2n) is 12.3. The van der Waals surface area contributed by atoms with Crippen LogP contribution in [0.15, 0.2) is 36.4 Å². The number of amides is 1. The number of piperazine rings is 1. The van der Waals surface area contributed by atoms with Gasteiger partial charge in [-0.25, -0.2) is 9.18 Å². The van der Waals surface area contributed by atoms with Gasteiger partial charge in [0.25, 0.3) is 5.91 Å². The lowest BCUT2D eigenvalue weighted by molar-refractivity contribution is -0.178. The number of aromatic carboxylic acids is 1. The summed E-state index contributed by atoms with van der Waals surface area (Å²) >= 11 is 0. The minimum Gasteiger partial charge on any atom is -0.478 e. The minimum absolute atomic E-state index is 0.00487. The number of carboxylic acid groups (broad SMARTS) is 1. The lowest BCUT2D eigenvalue weighted by atomic mass is 9.84. The van der Waals surface area contributed by atoms with Crippen molar-refractivity contribution in [1.82, 2.24) is 9.80 Å². The van der Waals surface area contributed by atoms with Crippen molar-refractivity contribution in [2.75, 3.05) is 37.7 Å². The maximum absolute atomic E-state index is 14.0. The zero-order chi connectivity index (χ0) is 30.7. The molecule has 232 valence electrons. The van der Waals surface area contributed by atoms with Gasteiger partial charge in [0.2, 0.25) is 0 Å². The predicted octanol–water partition coefficient (Wildman–Crippen LogP) is 4.46. The van der Waals surface area contributed by atoms with E-state index in [1.54, 1.807) is 6.07 Å². The van der Waals surface area contributed by atoms with Crippen LogP contribution >= 0.6 is 0 Å². The van der Waals surface area contributed by atoms with Gasteiger partial charge < -0.3 is 24.7 Å². The van der Waals surface area contributed by atoms with E-state index >= 15 is 0 Å². The van der Waals surface area contributed by atoms with E-state index in [0.717, 1.165) is 25.0 Å². The highest BCUT2D eigenvalue weighted by molar-refractivity contribution is 5.89. The van der Waals surface area contributed by atoms with Gasteiger partial charge >= 0.3 is 12.1 Å². The lowest BCUT2D eigenvalue weighted by Gasteiger charge is -2.49. The van der Waals surface area contributed by atoms with Crippen LogP contribution in [-0.4, -0.2) is 82.4 Å². The summed E-state index contributed by atoms with van der Waals surface area (Å²) in [4.78, 5) is 31.2. The Balaban J connectivity index is 1.12. The van der Waals surface area contributed by atoms with E-state index in [1.807, 2.05) is 6.92 Å². The van der Waals surface area contributed by atoms with Gasteiger partial charge in [0, 0.05) is 44.0 Å². The summed E-state index contributed by atoms with van der Waals surface area (Å²) in [7, 11) is 0. The molecule has 0 spiro atoms. The van der Waals surface area contributed by atoms with Crippen molar-refractivity contribution in [3.05, 3.63) is 64.5 Å². The molecule has 12 heteroatoms. The molecule has 3 aliphatic heterocycles. The number of aliphatic hydroxyl groups excluding tert-OH is 1. The molecule has 1 amide bonds. The van der Waals surface area contributed by atoms with Crippen LogP contribution in [0, 0.1) is 11.7 Å². The quantitative estimate of drug-likeness (QED) is 0.487. The first-order valence-electron chi connectivity index (χ1n) is 14.7. The highest BCUT2D eigenvalue weighted by Gasteiger charge is 2.56. The number of halogens is 4. The molecular weight excluding hydrogens is 570 g/mol. The fourth-order valence-corrected chi connectivity index (χ4v) is 7.08. The average molecular weight is 606 g/mol. The molecule has 3 heterocycles. The van der Waals surface area contributed by atoms with Gasteiger partial charge in [-0.1, -0.05) is 6.07 Å². The summed E-state index contributed by atoms with van der Waals surface area (Å²) in [6, 6.07) is 7.50. The number of aliphatic hydroxyl groups is 1. The third-order valence-corrected chi connectivity index (χ3v) is 9.54. The summed E-state index contributed by atoms with van der Waals surface area (Å²) < 4.78 is 60.5. The molecule has 0 bridgehead atoms. The summed E-state index contributed by atoms with van der Waals surface area (Å²) in [6.07, 6.45) is -2.72. The number of hydrogen-bond donors (Lipinski definition) is 2. The molecule has 2 aromatic rings. The molecule has 2 saturated heterocycles. The molecule has 4 atom stereocenters. The highest BCUT2D eigenvalue weighted by Crippen LogP contribution is 2.49. The van der Waals surface area contributed by atoms with Crippen molar-refractivity contribution in [3.63, 3.8) is 0 Å². The van der Waals surface area contributed by atoms with Crippen LogP contribution in [0.25, 0.3) is 0 Å². The number of alkyl halides is 3. The Kier molecular flexibility index (Phi) is 7.67. The third kappa shape index (κ3) is 5.60. The van der Waals surface area contributed by atoms with Gasteiger partial charge in [0.1, 0.15) is 11.4 Å². The van der Waals surface area contributed by atoms with Crippen LogP contribution in [0.2, 0.25) is 0 Å². The van der Waals surface area contributed by atoms with E-state index in [9.17, 15) is 37.4 Å². The fraction of sp³-hybridized carbons (Fsp3) is 0.548. The van der Waals surface area contributed by atoms with Crippen molar-refractivity contribution in [2.45, 2.75) is 69.1 Å². The first kappa shape index (κ1) is 29.8. The Morgan fingerprint density at radius 3 is 2.44 bits per heavy atom. The fourth-order valence-electron chi connectivity index (χ4n) is 7.08. The molecule has 1 aliphatic carbocycles. The second kappa shape index (κ2) is 11.0. The Labute approximate surface area is 246 Å². The molecule has 43 heavy (non-hydrogen) atoms. The number of rotatable bonds is 5. The summed E-state index contributed by atoms with van der Waals surface area (Å²) in [5, 5.41) is 20.0. The van der Waals surface area contributed by atoms with Crippen molar-refractivity contribution >= 4 is 17.6 Å². The third-order valence-electron chi connectivity index (χ3n) is 9.54. The van der Waals surface area contributed by atoms with E-state index in [2.05, 4.69) is 9.80 Å².